The number of carbonyl (C=O) groups excluding carboxylic acids is 2. The number of rotatable bonds is 10. The molecule has 0 spiro atoms. The molecule has 1 aliphatic heterocycles. The number of benzene rings is 1. The first-order valence-electron chi connectivity index (χ1n) is 9.39. The van der Waals surface area contributed by atoms with Gasteiger partial charge in [-0.25, -0.2) is 4.79 Å². The van der Waals surface area contributed by atoms with E-state index in [9.17, 15) is 14.4 Å². The first-order valence-corrected chi connectivity index (χ1v) is 9.39. The van der Waals surface area contributed by atoms with Gasteiger partial charge in [-0.05, 0) is 18.4 Å². The summed E-state index contributed by atoms with van der Waals surface area (Å²) in [4.78, 5) is 34.3. The maximum absolute atomic E-state index is 11.3. The van der Waals surface area contributed by atoms with Gasteiger partial charge in [0.1, 0.15) is 0 Å². The van der Waals surface area contributed by atoms with Crippen molar-refractivity contribution in [2.24, 2.45) is 0 Å². The van der Waals surface area contributed by atoms with Gasteiger partial charge in [-0.2, -0.15) is 0 Å². The monoisotopic (exact) mass is 375 g/mol. The number of hydrogen-bond acceptors (Lipinski definition) is 4. The van der Waals surface area contributed by atoms with Gasteiger partial charge in [0.05, 0.1) is 5.57 Å². The molecule has 0 aromatic heterocycles. The Kier molecular flexibility index (Phi) is 10.7. The molecule has 0 unspecified atom stereocenters. The lowest BCUT2D eigenvalue weighted by Gasteiger charge is -2.12. The number of imide groups is 1. The Bertz CT molecular complexity index is 611. The molecule has 2 rings (SSSR count). The minimum Gasteiger partial charge on any atom is -0.478 e. The minimum absolute atomic E-state index is 0.00900. The van der Waals surface area contributed by atoms with Crippen LogP contribution in [0.5, 0.6) is 0 Å². The smallest absolute Gasteiger partial charge is 0.335 e. The third kappa shape index (κ3) is 8.64. The van der Waals surface area contributed by atoms with Gasteiger partial charge in [0, 0.05) is 26.0 Å². The number of aliphatic hydroxyl groups is 1. The standard InChI is InChI=1S/C12H21NO3.C9H8O2/c14-10-6-4-2-1-3-5-9-13-11(15)7-8-12(13)16;1-7(9(10)11)8-5-3-2-4-6-8/h14H,1-10H2;2-6H,1H2,(H,10,11). The fourth-order valence-corrected chi connectivity index (χ4v) is 2.72. The summed E-state index contributed by atoms with van der Waals surface area (Å²) in [7, 11) is 0. The van der Waals surface area contributed by atoms with Crippen molar-refractivity contribution in [1.82, 2.24) is 4.90 Å². The number of likely N-dealkylation sites (tertiary alicyclic amines) is 1. The number of aliphatic hydroxyl groups excluding tert-OH is 1. The molecule has 2 amide bonds. The molecule has 6 heteroatoms. The Morgan fingerprint density at radius 3 is 1.96 bits per heavy atom. The van der Waals surface area contributed by atoms with Crippen molar-refractivity contribution in [2.75, 3.05) is 13.2 Å². The summed E-state index contributed by atoms with van der Waals surface area (Å²) in [5.74, 6) is -0.994. The molecule has 1 aromatic rings. The van der Waals surface area contributed by atoms with Gasteiger partial charge in [0.2, 0.25) is 11.8 Å². The average Bonchev–Trinajstić information content (AvgIpc) is 2.99. The molecule has 1 fully saturated rings. The zero-order valence-corrected chi connectivity index (χ0v) is 15.7. The lowest BCUT2D eigenvalue weighted by molar-refractivity contribution is -0.138. The quantitative estimate of drug-likeness (QED) is 0.372. The third-order valence-electron chi connectivity index (χ3n) is 4.33. The topological polar surface area (TPSA) is 94.9 Å². The van der Waals surface area contributed by atoms with Gasteiger partial charge in [0.25, 0.3) is 0 Å². The molecular formula is C21H29NO5. The lowest BCUT2D eigenvalue weighted by Crippen LogP contribution is -2.29. The van der Waals surface area contributed by atoms with E-state index in [1.54, 1.807) is 24.3 Å². The fraction of sp³-hybridized carbons (Fsp3) is 0.476. The lowest BCUT2D eigenvalue weighted by atomic mass is 10.1. The van der Waals surface area contributed by atoms with Gasteiger partial charge in [-0.1, -0.05) is 62.6 Å². The van der Waals surface area contributed by atoms with Crippen LogP contribution >= 0.6 is 0 Å². The summed E-state index contributed by atoms with van der Waals surface area (Å²) >= 11 is 0. The predicted molar refractivity (Wildman–Crippen MR) is 104 cm³/mol. The van der Waals surface area contributed by atoms with Crippen LogP contribution in [0.2, 0.25) is 0 Å². The number of carboxylic acids is 1. The summed E-state index contributed by atoms with van der Waals surface area (Å²) < 4.78 is 0. The van der Waals surface area contributed by atoms with Gasteiger partial charge in [-0.3, -0.25) is 14.5 Å². The molecule has 6 nitrogen and oxygen atoms in total. The van der Waals surface area contributed by atoms with Crippen LogP contribution in [0, 0.1) is 0 Å². The van der Waals surface area contributed by atoms with E-state index in [1.165, 1.54) is 4.90 Å². The number of aliphatic carboxylic acids is 1. The largest absolute Gasteiger partial charge is 0.478 e. The third-order valence-corrected chi connectivity index (χ3v) is 4.33. The van der Waals surface area contributed by atoms with Crippen LogP contribution in [-0.4, -0.2) is 46.0 Å². The van der Waals surface area contributed by atoms with Crippen LogP contribution in [0.15, 0.2) is 36.9 Å². The van der Waals surface area contributed by atoms with Crippen LogP contribution in [0.25, 0.3) is 5.57 Å². The van der Waals surface area contributed by atoms with Gasteiger partial charge in [-0.15, -0.1) is 0 Å². The number of unbranched alkanes of at least 4 members (excludes halogenated alkanes) is 5. The normalized spacial score (nSPS) is 13.3. The summed E-state index contributed by atoms with van der Waals surface area (Å²) in [5.41, 5.74) is 0.783. The minimum atomic E-state index is -0.976. The van der Waals surface area contributed by atoms with Crippen LogP contribution < -0.4 is 0 Å². The number of nitrogens with zero attached hydrogens (tertiary/aromatic N) is 1. The zero-order valence-electron chi connectivity index (χ0n) is 15.7. The molecule has 1 aliphatic rings. The summed E-state index contributed by atoms with van der Waals surface area (Å²) in [6.45, 7) is 4.29. The molecular weight excluding hydrogens is 346 g/mol. The van der Waals surface area contributed by atoms with Gasteiger partial charge < -0.3 is 10.2 Å². The second-order valence-electron chi connectivity index (χ2n) is 6.43. The molecule has 27 heavy (non-hydrogen) atoms. The molecule has 0 bridgehead atoms. The average molecular weight is 375 g/mol. The highest BCUT2D eigenvalue weighted by atomic mass is 16.4. The summed E-state index contributed by atoms with van der Waals surface area (Å²) in [6, 6.07) is 8.83. The molecule has 148 valence electrons. The van der Waals surface area contributed by atoms with Crippen molar-refractivity contribution < 1.29 is 24.6 Å². The van der Waals surface area contributed by atoms with E-state index < -0.39 is 5.97 Å². The highest BCUT2D eigenvalue weighted by molar-refractivity contribution is 6.14. The summed E-state index contributed by atoms with van der Waals surface area (Å²) in [6.07, 6.45) is 6.96. The van der Waals surface area contributed by atoms with E-state index >= 15 is 0 Å². The number of amides is 2. The highest BCUT2D eigenvalue weighted by Crippen LogP contribution is 2.13. The van der Waals surface area contributed by atoms with E-state index in [1.807, 2.05) is 6.07 Å². The van der Waals surface area contributed by atoms with Crippen LogP contribution in [0.1, 0.15) is 56.9 Å². The number of carbonyl (C=O) groups is 3. The SMILES string of the molecule is C=C(C(=O)O)c1ccccc1.O=C1CCC(=O)N1CCCCCCCCO. The summed E-state index contributed by atoms with van der Waals surface area (Å²) in [5, 5.41) is 17.1. The predicted octanol–water partition coefficient (Wildman–Crippen LogP) is 3.25. The molecule has 0 radical (unpaired) electrons. The Balaban J connectivity index is 0.000000289. The van der Waals surface area contributed by atoms with Crippen molar-refractivity contribution in [3.63, 3.8) is 0 Å². The maximum Gasteiger partial charge on any atom is 0.335 e. The molecule has 1 saturated heterocycles. The molecule has 1 heterocycles. The Morgan fingerprint density at radius 1 is 0.926 bits per heavy atom. The molecule has 1 aromatic carbocycles. The zero-order chi connectivity index (χ0) is 20.1. The second kappa shape index (κ2) is 12.8. The van der Waals surface area contributed by atoms with Crippen molar-refractivity contribution in [3.8, 4) is 0 Å². The van der Waals surface area contributed by atoms with Crippen LogP contribution in [0.4, 0.5) is 0 Å². The Morgan fingerprint density at radius 2 is 1.44 bits per heavy atom. The number of carboxylic acid groups (broad SMARTS) is 1. The first kappa shape index (κ1) is 22.6. The fourth-order valence-electron chi connectivity index (χ4n) is 2.72. The van der Waals surface area contributed by atoms with Crippen LogP contribution in [-0.2, 0) is 14.4 Å². The number of hydrogen-bond donors (Lipinski definition) is 2. The van der Waals surface area contributed by atoms with Gasteiger partial charge >= 0.3 is 5.97 Å². The van der Waals surface area contributed by atoms with E-state index in [-0.39, 0.29) is 24.0 Å². The highest BCUT2D eigenvalue weighted by Gasteiger charge is 2.27. The van der Waals surface area contributed by atoms with E-state index in [2.05, 4.69) is 6.58 Å². The van der Waals surface area contributed by atoms with Crippen molar-refractivity contribution in [1.29, 1.82) is 0 Å². The van der Waals surface area contributed by atoms with Crippen molar-refractivity contribution in [3.05, 3.63) is 42.5 Å². The molecule has 0 aliphatic carbocycles. The Hall–Kier alpha value is -2.47. The Labute approximate surface area is 160 Å². The first-order chi connectivity index (χ1) is 13.0. The van der Waals surface area contributed by atoms with Crippen LogP contribution in [0.3, 0.4) is 0 Å². The molecule has 0 saturated carbocycles. The van der Waals surface area contributed by atoms with E-state index in [0.29, 0.717) is 24.9 Å². The maximum atomic E-state index is 11.3. The second-order valence-corrected chi connectivity index (χ2v) is 6.43. The molecule has 2 N–H and O–H groups in total. The van der Waals surface area contributed by atoms with Gasteiger partial charge in [0.15, 0.2) is 0 Å². The van der Waals surface area contributed by atoms with E-state index in [4.69, 9.17) is 10.2 Å². The van der Waals surface area contributed by atoms with E-state index in [0.717, 1.165) is 38.5 Å². The van der Waals surface area contributed by atoms with Crippen molar-refractivity contribution >= 4 is 23.4 Å². The molecule has 0 atom stereocenters. The van der Waals surface area contributed by atoms with Crippen molar-refractivity contribution in [2.45, 2.75) is 51.4 Å².